The van der Waals surface area contributed by atoms with Crippen molar-refractivity contribution in [3.63, 3.8) is 0 Å². The first-order valence-corrected chi connectivity index (χ1v) is 9.43. The zero-order chi connectivity index (χ0) is 16.8. The molecule has 0 atom stereocenters. The summed E-state index contributed by atoms with van der Waals surface area (Å²) in [5.74, 6) is 1.14. The summed E-state index contributed by atoms with van der Waals surface area (Å²) >= 11 is 0. The van der Waals surface area contributed by atoms with Gasteiger partial charge in [0.1, 0.15) is 0 Å². The van der Waals surface area contributed by atoms with Crippen LogP contribution in [-0.4, -0.2) is 73.5 Å². The van der Waals surface area contributed by atoms with Crippen LogP contribution in [-0.2, 0) is 11.2 Å². The molecule has 2 fully saturated rings. The third-order valence-electron chi connectivity index (χ3n) is 5.57. The minimum atomic E-state index is 0.342. The fourth-order valence-corrected chi connectivity index (χ4v) is 3.83. The number of carbonyl (C=O) groups excluding carboxylic acids is 1. The molecule has 24 heavy (non-hydrogen) atoms. The Morgan fingerprint density at radius 2 is 1.67 bits per heavy atom. The highest BCUT2D eigenvalue weighted by Crippen LogP contribution is 2.21. The molecule has 0 N–H and O–H groups in total. The molecule has 2 aliphatic heterocycles. The molecule has 0 aromatic heterocycles. The van der Waals surface area contributed by atoms with Gasteiger partial charge in [0.2, 0.25) is 5.91 Å². The maximum absolute atomic E-state index is 12.3. The molecule has 132 valence electrons. The van der Waals surface area contributed by atoms with E-state index in [-0.39, 0.29) is 0 Å². The fourth-order valence-electron chi connectivity index (χ4n) is 3.83. The molecule has 4 nitrogen and oxygen atoms in total. The predicted octanol–water partition coefficient (Wildman–Crippen LogP) is 2.11. The van der Waals surface area contributed by atoms with Crippen molar-refractivity contribution in [1.29, 1.82) is 0 Å². The van der Waals surface area contributed by atoms with Gasteiger partial charge in [-0.25, -0.2) is 0 Å². The van der Waals surface area contributed by atoms with Gasteiger partial charge < -0.3 is 14.7 Å². The van der Waals surface area contributed by atoms with E-state index >= 15 is 0 Å². The van der Waals surface area contributed by atoms with E-state index in [0.29, 0.717) is 12.3 Å². The Kier molecular flexibility index (Phi) is 6.27. The molecule has 0 unspecified atom stereocenters. The number of rotatable bonds is 5. The molecule has 1 aromatic carbocycles. The van der Waals surface area contributed by atoms with Crippen LogP contribution in [0, 0.1) is 5.92 Å². The zero-order valence-corrected chi connectivity index (χ0v) is 15.0. The molecule has 0 spiro atoms. The molecule has 4 heteroatoms. The minimum absolute atomic E-state index is 0.342. The average molecular weight is 329 g/mol. The quantitative estimate of drug-likeness (QED) is 0.828. The van der Waals surface area contributed by atoms with Gasteiger partial charge in [-0.05, 0) is 50.9 Å². The van der Waals surface area contributed by atoms with Crippen molar-refractivity contribution in [3.05, 3.63) is 35.9 Å². The first-order valence-electron chi connectivity index (χ1n) is 9.43. The Bertz CT molecular complexity index is 503. The predicted molar refractivity (Wildman–Crippen MR) is 98.0 cm³/mol. The van der Waals surface area contributed by atoms with Crippen LogP contribution >= 0.6 is 0 Å². The van der Waals surface area contributed by atoms with Gasteiger partial charge >= 0.3 is 0 Å². The van der Waals surface area contributed by atoms with Crippen LogP contribution in [0.5, 0.6) is 0 Å². The number of likely N-dealkylation sites (N-methyl/N-ethyl adjacent to an activating group) is 1. The fraction of sp³-hybridized carbons (Fsp3) is 0.650. The highest BCUT2D eigenvalue weighted by molar-refractivity contribution is 5.76. The van der Waals surface area contributed by atoms with E-state index in [2.05, 4.69) is 47.2 Å². The molecule has 1 amide bonds. The van der Waals surface area contributed by atoms with Crippen molar-refractivity contribution in [1.82, 2.24) is 14.7 Å². The van der Waals surface area contributed by atoms with Gasteiger partial charge in [-0.1, -0.05) is 30.3 Å². The number of benzene rings is 1. The summed E-state index contributed by atoms with van der Waals surface area (Å²) in [4.78, 5) is 19.2. The molecule has 2 saturated heterocycles. The number of amides is 1. The summed E-state index contributed by atoms with van der Waals surface area (Å²) in [7, 11) is 2.13. The normalized spacial score (nSPS) is 21.1. The molecular weight excluding hydrogens is 298 g/mol. The van der Waals surface area contributed by atoms with Crippen LogP contribution in [0.15, 0.2) is 30.3 Å². The summed E-state index contributed by atoms with van der Waals surface area (Å²) < 4.78 is 0. The average Bonchev–Trinajstić information content (AvgIpc) is 2.62. The van der Waals surface area contributed by atoms with E-state index < -0.39 is 0 Å². The van der Waals surface area contributed by atoms with E-state index in [0.717, 1.165) is 51.7 Å². The Morgan fingerprint density at radius 3 is 2.33 bits per heavy atom. The zero-order valence-electron chi connectivity index (χ0n) is 15.0. The first-order chi connectivity index (χ1) is 11.7. The second kappa shape index (κ2) is 8.63. The standard InChI is InChI=1S/C20H31N3O/c1-21-13-15-23(16-14-21)20(24)9-12-22-10-7-19(8-11-22)17-18-5-3-2-4-6-18/h2-6,19H,7-17H2,1H3. The Labute approximate surface area is 146 Å². The third kappa shape index (κ3) is 5.05. The van der Waals surface area contributed by atoms with Crippen molar-refractivity contribution in [3.8, 4) is 0 Å². The van der Waals surface area contributed by atoms with E-state index in [1.165, 1.54) is 24.8 Å². The van der Waals surface area contributed by atoms with Gasteiger partial charge in [0.25, 0.3) is 0 Å². The summed E-state index contributed by atoms with van der Waals surface area (Å²) in [5.41, 5.74) is 1.46. The smallest absolute Gasteiger partial charge is 0.223 e. The van der Waals surface area contributed by atoms with Crippen molar-refractivity contribution in [2.75, 3.05) is 52.9 Å². The second-order valence-electron chi connectivity index (χ2n) is 7.41. The second-order valence-corrected chi connectivity index (χ2v) is 7.41. The number of likely N-dealkylation sites (tertiary alicyclic amines) is 1. The van der Waals surface area contributed by atoms with Crippen LogP contribution in [0.1, 0.15) is 24.8 Å². The monoisotopic (exact) mass is 329 g/mol. The number of nitrogens with zero attached hydrogens (tertiary/aromatic N) is 3. The molecule has 0 aliphatic carbocycles. The number of piperidine rings is 1. The van der Waals surface area contributed by atoms with Gasteiger partial charge in [0.05, 0.1) is 0 Å². The minimum Gasteiger partial charge on any atom is -0.340 e. The molecule has 0 radical (unpaired) electrons. The van der Waals surface area contributed by atoms with Gasteiger partial charge in [0.15, 0.2) is 0 Å². The van der Waals surface area contributed by atoms with Crippen LogP contribution in [0.2, 0.25) is 0 Å². The van der Waals surface area contributed by atoms with Gasteiger partial charge in [-0.2, -0.15) is 0 Å². The lowest BCUT2D eigenvalue weighted by Gasteiger charge is -2.34. The number of piperazine rings is 1. The largest absolute Gasteiger partial charge is 0.340 e. The van der Waals surface area contributed by atoms with Crippen LogP contribution in [0.25, 0.3) is 0 Å². The number of hydrogen-bond donors (Lipinski definition) is 0. The summed E-state index contributed by atoms with van der Waals surface area (Å²) in [6.45, 7) is 7.04. The molecule has 0 bridgehead atoms. The Hall–Kier alpha value is -1.39. The van der Waals surface area contributed by atoms with Crippen LogP contribution in [0.4, 0.5) is 0 Å². The van der Waals surface area contributed by atoms with Crippen molar-refractivity contribution in [2.45, 2.75) is 25.7 Å². The maximum atomic E-state index is 12.3. The van der Waals surface area contributed by atoms with Crippen LogP contribution < -0.4 is 0 Å². The molecule has 0 saturated carbocycles. The highest BCUT2D eigenvalue weighted by atomic mass is 16.2. The summed E-state index contributed by atoms with van der Waals surface area (Å²) in [5, 5.41) is 0. The first kappa shape index (κ1) is 17.4. The van der Waals surface area contributed by atoms with Crippen molar-refractivity contribution < 1.29 is 4.79 Å². The summed E-state index contributed by atoms with van der Waals surface area (Å²) in [6.07, 6.45) is 4.41. The topological polar surface area (TPSA) is 26.8 Å². The highest BCUT2D eigenvalue weighted by Gasteiger charge is 2.22. The lowest BCUT2D eigenvalue weighted by molar-refractivity contribution is -0.133. The Morgan fingerprint density at radius 1 is 1.00 bits per heavy atom. The number of hydrogen-bond acceptors (Lipinski definition) is 3. The lowest BCUT2D eigenvalue weighted by atomic mass is 9.90. The summed E-state index contributed by atoms with van der Waals surface area (Å²) in [6, 6.07) is 10.8. The van der Waals surface area contributed by atoms with E-state index in [9.17, 15) is 4.79 Å². The molecule has 2 heterocycles. The van der Waals surface area contributed by atoms with E-state index in [1.54, 1.807) is 0 Å². The lowest BCUT2D eigenvalue weighted by Crippen LogP contribution is -2.48. The van der Waals surface area contributed by atoms with Gasteiger partial charge in [-0.3, -0.25) is 4.79 Å². The maximum Gasteiger partial charge on any atom is 0.223 e. The molecule has 3 rings (SSSR count). The van der Waals surface area contributed by atoms with Crippen molar-refractivity contribution >= 4 is 5.91 Å². The Balaban J connectivity index is 1.34. The van der Waals surface area contributed by atoms with Crippen molar-refractivity contribution in [2.24, 2.45) is 5.92 Å². The van der Waals surface area contributed by atoms with E-state index in [1.807, 2.05) is 4.90 Å². The number of carbonyl (C=O) groups is 1. The molecular formula is C20H31N3O. The van der Waals surface area contributed by atoms with E-state index in [4.69, 9.17) is 0 Å². The SMILES string of the molecule is CN1CCN(C(=O)CCN2CCC(Cc3ccccc3)CC2)CC1. The van der Waals surface area contributed by atoms with Crippen LogP contribution in [0.3, 0.4) is 0 Å². The molecule has 2 aliphatic rings. The van der Waals surface area contributed by atoms with Gasteiger partial charge in [0, 0.05) is 39.1 Å². The third-order valence-corrected chi connectivity index (χ3v) is 5.57. The van der Waals surface area contributed by atoms with Gasteiger partial charge in [-0.15, -0.1) is 0 Å². The molecule has 1 aromatic rings.